The summed E-state index contributed by atoms with van der Waals surface area (Å²) in [6.45, 7) is 0.397. The quantitative estimate of drug-likeness (QED) is 0.797. The van der Waals surface area contributed by atoms with Gasteiger partial charge in [0.1, 0.15) is 0 Å². The van der Waals surface area contributed by atoms with Crippen LogP contribution < -0.4 is 0 Å². The largest absolute Gasteiger partial charge is 0.293 e. The Morgan fingerprint density at radius 2 is 1.94 bits per heavy atom. The lowest BCUT2D eigenvalue weighted by molar-refractivity contribution is 0.0969. The van der Waals surface area contributed by atoms with Crippen molar-refractivity contribution in [3.05, 3.63) is 34.3 Å². The van der Waals surface area contributed by atoms with Crippen molar-refractivity contribution in [3.63, 3.8) is 0 Å². The Labute approximate surface area is 109 Å². The number of nitrogens with zero attached hydrogens (tertiary/aromatic N) is 1. The maximum absolute atomic E-state index is 11.9. The van der Waals surface area contributed by atoms with Crippen LogP contribution in [0.5, 0.6) is 0 Å². The van der Waals surface area contributed by atoms with Gasteiger partial charge < -0.3 is 0 Å². The highest BCUT2D eigenvalue weighted by Gasteiger charge is 2.29. The third-order valence-corrected chi connectivity index (χ3v) is 5.12. The minimum atomic E-state index is -3.20. The molecule has 0 saturated carbocycles. The Morgan fingerprint density at radius 1 is 1.29 bits per heavy atom. The predicted molar refractivity (Wildman–Crippen MR) is 68.4 cm³/mol. The Bertz CT molecular complexity index is 524. The molecule has 0 amide bonds. The number of halogens is 1. The number of benzene rings is 1. The summed E-state index contributed by atoms with van der Waals surface area (Å²) in [5.41, 5.74) is 0.537. The summed E-state index contributed by atoms with van der Waals surface area (Å²) in [5, 5.41) is 0. The first kappa shape index (κ1) is 12.7. The van der Waals surface area contributed by atoms with Crippen molar-refractivity contribution in [2.24, 2.45) is 0 Å². The molecule has 1 aromatic carbocycles. The molecule has 6 heteroatoms. The number of carbonyl (C=O) groups excluding carboxylic acids is 1. The molecule has 1 aromatic rings. The molecule has 2 rings (SSSR count). The van der Waals surface area contributed by atoms with Crippen molar-refractivity contribution in [3.8, 4) is 0 Å². The number of carbonyl (C=O) groups is 1. The lowest BCUT2D eigenvalue weighted by Gasteiger charge is -2.12. The van der Waals surface area contributed by atoms with Gasteiger partial charge in [-0.1, -0.05) is 28.1 Å². The summed E-state index contributed by atoms with van der Waals surface area (Å²) >= 11 is 3.28. The van der Waals surface area contributed by atoms with Gasteiger partial charge in [-0.05, 0) is 18.6 Å². The highest BCUT2D eigenvalue weighted by atomic mass is 79.9. The Kier molecular flexibility index (Phi) is 3.65. The molecule has 1 saturated heterocycles. The lowest BCUT2D eigenvalue weighted by Crippen LogP contribution is -2.31. The topological polar surface area (TPSA) is 54.5 Å². The number of ketones is 1. The number of hydrogen-bond donors (Lipinski definition) is 0. The van der Waals surface area contributed by atoms with E-state index in [-0.39, 0.29) is 18.1 Å². The first-order valence-corrected chi connectivity index (χ1v) is 7.66. The van der Waals surface area contributed by atoms with Gasteiger partial charge in [0, 0.05) is 16.6 Å². The van der Waals surface area contributed by atoms with Gasteiger partial charge in [0.25, 0.3) is 0 Å². The van der Waals surface area contributed by atoms with Crippen LogP contribution in [0.2, 0.25) is 0 Å². The van der Waals surface area contributed by atoms with Gasteiger partial charge in [-0.15, -0.1) is 0 Å². The van der Waals surface area contributed by atoms with E-state index in [1.165, 1.54) is 4.31 Å². The molecular weight excluding hydrogens is 306 g/mol. The molecule has 1 aliphatic heterocycles. The summed E-state index contributed by atoms with van der Waals surface area (Å²) in [7, 11) is -3.20. The number of sulfonamides is 1. The highest BCUT2D eigenvalue weighted by Crippen LogP contribution is 2.15. The maximum atomic E-state index is 11.9. The van der Waals surface area contributed by atoms with Gasteiger partial charge in [-0.3, -0.25) is 4.79 Å². The summed E-state index contributed by atoms with van der Waals surface area (Å²) in [5.74, 6) is -0.0105. The number of rotatable bonds is 3. The summed E-state index contributed by atoms with van der Waals surface area (Å²) in [6, 6.07) is 6.92. The van der Waals surface area contributed by atoms with Gasteiger partial charge in [-0.2, -0.15) is 4.31 Å². The highest BCUT2D eigenvalue weighted by molar-refractivity contribution is 9.10. The second-order valence-electron chi connectivity index (χ2n) is 3.93. The van der Waals surface area contributed by atoms with E-state index in [0.29, 0.717) is 18.5 Å². The van der Waals surface area contributed by atoms with Crippen molar-refractivity contribution in [1.82, 2.24) is 4.31 Å². The van der Waals surface area contributed by atoms with E-state index in [9.17, 15) is 13.2 Å². The third-order valence-electron chi connectivity index (χ3n) is 2.69. The van der Waals surface area contributed by atoms with Crippen LogP contribution in [0.1, 0.15) is 16.8 Å². The maximum Gasteiger partial charge on any atom is 0.214 e. The zero-order chi connectivity index (χ0) is 12.5. The molecule has 1 fully saturated rings. The summed E-state index contributed by atoms with van der Waals surface area (Å²) in [4.78, 5) is 11.9. The van der Waals surface area contributed by atoms with Crippen LogP contribution in [0.15, 0.2) is 28.7 Å². The summed E-state index contributed by atoms with van der Waals surface area (Å²) < 4.78 is 25.3. The van der Waals surface area contributed by atoms with Crippen LogP contribution in [0.4, 0.5) is 0 Å². The van der Waals surface area contributed by atoms with Crippen LogP contribution >= 0.6 is 15.9 Å². The SMILES string of the molecule is O=C(CN1CCCS1(=O)=O)c1ccc(Br)cc1. The van der Waals surface area contributed by atoms with E-state index in [1.54, 1.807) is 24.3 Å². The van der Waals surface area contributed by atoms with Crippen molar-refractivity contribution < 1.29 is 13.2 Å². The second kappa shape index (κ2) is 4.88. The molecule has 0 spiro atoms. The Balaban J connectivity index is 2.10. The van der Waals surface area contributed by atoms with Crippen molar-refractivity contribution >= 4 is 31.7 Å². The van der Waals surface area contributed by atoms with E-state index < -0.39 is 10.0 Å². The van der Waals surface area contributed by atoms with E-state index in [0.717, 1.165) is 4.47 Å². The Hall–Kier alpha value is -0.720. The smallest absolute Gasteiger partial charge is 0.214 e. The first-order chi connectivity index (χ1) is 7.99. The molecule has 17 heavy (non-hydrogen) atoms. The van der Waals surface area contributed by atoms with Crippen molar-refractivity contribution in [2.45, 2.75) is 6.42 Å². The standard InChI is InChI=1S/C11H12BrNO3S/c12-10-4-2-9(3-5-10)11(14)8-13-6-1-7-17(13,15)16/h2-5H,1,6-8H2. The predicted octanol–water partition coefficient (Wildman–Crippen LogP) is 1.67. The van der Waals surface area contributed by atoms with Gasteiger partial charge in [0.2, 0.25) is 10.0 Å². The van der Waals surface area contributed by atoms with Crippen LogP contribution in [0, 0.1) is 0 Å². The van der Waals surface area contributed by atoms with Crippen LogP contribution in [-0.2, 0) is 10.0 Å². The average molecular weight is 318 g/mol. The van der Waals surface area contributed by atoms with E-state index in [1.807, 2.05) is 0 Å². The molecule has 0 atom stereocenters. The molecule has 1 aliphatic rings. The molecule has 1 heterocycles. The van der Waals surface area contributed by atoms with E-state index >= 15 is 0 Å². The third kappa shape index (κ3) is 2.94. The van der Waals surface area contributed by atoms with Gasteiger partial charge in [0.05, 0.1) is 12.3 Å². The normalized spacial score (nSPS) is 19.4. The molecule has 4 nitrogen and oxygen atoms in total. The fraction of sp³-hybridized carbons (Fsp3) is 0.364. The molecule has 0 bridgehead atoms. The van der Waals surface area contributed by atoms with Crippen LogP contribution in [-0.4, -0.2) is 37.3 Å². The molecule has 92 valence electrons. The van der Waals surface area contributed by atoms with E-state index in [4.69, 9.17) is 0 Å². The zero-order valence-electron chi connectivity index (χ0n) is 9.10. The summed E-state index contributed by atoms with van der Waals surface area (Å²) in [6.07, 6.45) is 0.607. The molecule has 0 unspecified atom stereocenters. The molecule has 0 aromatic heterocycles. The molecular formula is C11H12BrNO3S. The average Bonchev–Trinajstić information content (AvgIpc) is 2.59. The number of Topliss-reactive ketones (excluding diaryl/α,β-unsaturated/α-hetero) is 1. The molecule has 0 radical (unpaired) electrons. The lowest BCUT2D eigenvalue weighted by atomic mass is 10.1. The van der Waals surface area contributed by atoms with Crippen molar-refractivity contribution in [2.75, 3.05) is 18.8 Å². The van der Waals surface area contributed by atoms with Gasteiger partial charge >= 0.3 is 0 Å². The fourth-order valence-electron chi connectivity index (χ4n) is 1.76. The van der Waals surface area contributed by atoms with Crippen LogP contribution in [0.3, 0.4) is 0 Å². The van der Waals surface area contributed by atoms with E-state index in [2.05, 4.69) is 15.9 Å². The van der Waals surface area contributed by atoms with Crippen molar-refractivity contribution in [1.29, 1.82) is 0 Å². The second-order valence-corrected chi connectivity index (χ2v) is 6.94. The zero-order valence-corrected chi connectivity index (χ0v) is 11.5. The Morgan fingerprint density at radius 3 is 2.47 bits per heavy atom. The minimum absolute atomic E-state index is 0.0516. The first-order valence-electron chi connectivity index (χ1n) is 5.26. The molecule has 0 aliphatic carbocycles. The number of hydrogen-bond acceptors (Lipinski definition) is 3. The van der Waals surface area contributed by atoms with Gasteiger partial charge in [0.15, 0.2) is 5.78 Å². The van der Waals surface area contributed by atoms with Crippen LogP contribution in [0.25, 0.3) is 0 Å². The molecule has 0 N–H and O–H groups in total. The minimum Gasteiger partial charge on any atom is -0.293 e. The monoisotopic (exact) mass is 317 g/mol. The fourth-order valence-corrected chi connectivity index (χ4v) is 3.49. The van der Waals surface area contributed by atoms with Gasteiger partial charge in [-0.25, -0.2) is 8.42 Å².